The van der Waals surface area contributed by atoms with Gasteiger partial charge in [0.2, 0.25) is 0 Å². The molecule has 0 spiro atoms. The van der Waals surface area contributed by atoms with Gasteiger partial charge >= 0.3 is 0 Å². The van der Waals surface area contributed by atoms with Gasteiger partial charge in [-0.1, -0.05) is 24.3 Å². The van der Waals surface area contributed by atoms with E-state index in [0.717, 1.165) is 5.56 Å². The summed E-state index contributed by atoms with van der Waals surface area (Å²) in [6, 6.07) is 14.5. The molecule has 0 bridgehead atoms. The maximum Gasteiger partial charge on any atom is 0.255 e. The Balaban J connectivity index is 2.20. The molecule has 0 aliphatic rings. The molecule has 0 aromatic heterocycles. The van der Waals surface area contributed by atoms with Crippen LogP contribution in [-0.2, 0) is 6.54 Å². The third kappa shape index (κ3) is 3.11. The van der Waals surface area contributed by atoms with Crippen LogP contribution in [0.25, 0.3) is 0 Å². The quantitative estimate of drug-likeness (QED) is 0.883. The third-order valence-electron chi connectivity index (χ3n) is 2.81. The van der Waals surface area contributed by atoms with E-state index in [1.807, 2.05) is 36.4 Å². The van der Waals surface area contributed by atoms with Crippen molar-refractivity contribution in [2.24, 2.45) is 5.73 Å². The van der Waals surface area contributed by atoms with Crippen molar-refractivity contribution in [3.8, 4) is 5.75 Å². The average Bonchev–Trinajstić information content (AvgIpc) is 2.47. The Kier molecular flexibility index (Phi) is 4.15. The van der Waals surface area contributed by atoms with Crippen molar-refractivity contribution >= 4 is 11.6 Å². The normalized spacial score (nSPS) is 10.0. The molecule has 0 fully saturated rings. The van der Waals surface area contributed by atoms with Gasteiger partial charge in [-0.25, -0.2) is 0 Å². The van der Waals surface area contributed by atoms with Crippen LogP contribution in [0.15, 0.2) is 48.5 Å². The minimum absolute atomic E-state index is 0.172. The van der Waals surface area contributed by atoms with Crippen LogP contribution in [0, 0.1) is 0 Å². The molecule has 0 aliphatic heterocycles. The molecule has 0 radical (unpaired) electrons. The SMILES string of the molecule is COc1cccc(NC(=O)c2ccccc2CN)c1. The van der Waals surface area contributed by atoms with E-state index in [2.05, 4.69) is 5.32 Å². The highest BCUT2D eigenvalue weighted by atomic mass is 16.5. The van der Waals surface area contributed by atoms with Gasteiger partial charge in [-0.05, 0) is 23.8 Å². The lowest BCUT2D eigenvalue weighted by molar-refractivity contribution is 0.102. The second kappa shape index (κ2) is 6.02. The van der Waals surface area contributed by atoms with Crippen molar-refractivity contribution < 1.29 is 9.53 Å². The van der Waals surface area contributed by atoms with E-state index in [9.17, 15) is 4.79 Å². The Hall–Kier alpha value is -2.33. The van der Waals surface area contributed by atoms with E-state index in [1.54, 1.807) is 19.2 Å². The molecule has 4 heteroatoms. The van der Waals surface area contributed by atoms with Crippen LogP contribution in [0.3, 0.4) is 0 Å². The number of carbonyl (C=O) groups is 1. The fourth-order valence-corrected chi connectivity index (χ4v) is 1.82. The van der Waals surface area contributed by atoms with Gasteiger partial charge in [0.15, 0.2) is 0 Å². The zero-order chi connectivity index (χ0) is 13.7. The maximum atomic E-state index is 12.2. The largest absolute Gasteiger partial charge is 0.497 e. The van der Waals surface area contributed by atoms with Crippen LogP contribution in [0.1, 0.15) is 15.9 Å². The molecule has 1 amide bonds. The van der Waals surface area contributed by atoms with Crippen molar-refractivity contribution in [2.45, 2.75) is 6.54 Å². The first-order valence-electron chi connectivity index (χ1n) is 5.98. The number of amides is 1. The number of ether oxygens (including phenoxy) is 1. The zero-order valence-corrected chi connectivity index (χ0v) is 10.7. The van der Waals surface area contributed by atoms with Crippen LogP contribution >= 0.6 is 0 Å². The highest BCUT2D eigenvalue weighted by Crippen LogP contribution is 2.18. The average molecular weight is 256 g/mol. The fourth-order valence-electron chi connectivity index (χ4n) is 1.82. The fraction of sp³-hybridized carbons (Fsp3) is 0.133. The predicted molar refractivity (Wildman–Crippen MR) is 75.3 cm³/mol. The number of carbonyl (C=O) groups excluding carboxylic acids is 1. The van der Waals surface area contributed by atoms with Crippen molar-refractivity contribution in [3.63, 3.8) is 0 Å². The first-order chi connectivity index (χ1) is 9.24. The summed E-state index contributed by atoms with van der Waals surface area (Å²) in [6.45, 7) is 0.335. The Morgan fingerprint density at radius 2 is 2.00 bits per heavy atom. The smallest absolute Gasteiger partial charge is 0.255 e. The number of anilines is 1. The van der Waals surface area contributed by atoms with Gasteiger partial charge in [-0.15, -0.1) is 0 Å². The predicted octanol–water partition coefficient (Wildman–Crippen LogP) is 2.41. The van der Waals surface area contributed by atoms with Crippen LogP contribution < -0.4 is 15.8 Å². The molecule has 98 valence electrons. The molecule has 2 aromatic rings. The van der Waals surface area contributed by atoms with E-state index in [1.165, 1.54) is 0 Å². The molecule has 19 heavy (non-hydrogen) atoms. The minimum atomic E-state index is -0.172. The first-order valence-corrected chi connectivity index (χ1v) is 5.98. The molecule has 0 saturated heterocycles. The highest BCUT2D eigenvalue weighted by Gasteiger charge is 2.10. The van der Waals surface area contributed by atoms with Crippen molar-refractivity contribution in [3.05, 3.63) is 59.7 Å². The van der Waals surface area contributed by atoms with Crippen LogP contribution in [0.2, 0.25) is 0 Å². The van der Waals surface area contributed by atoms with Crippen LogP contribution in [0.4, 0.5) is 5.69 Å². The molecule has 0 saturated carbocycles. The maximum absolute atomic E-state index is 12.2. The topological polar surface area (TPSA) is 64.3 Å². The van der Waals surface area contributed by atoms with Gasteiger partial charge in [0, 0.05) is 23.9 Å². The molecule has 0 heterocycles. The summed E-state index contributed by atoms with van der Waals surface area (Å²) < 4.78 is 5.12. The molecule has 2 aromatic carbocycles. The van der Waals surface area contributed by atoms with Gasteiger partial charge in [0.1, 0.15) is 5.75 Å². The van der Waals surface area contributed by atoms with Crippen LogP contribution in [-0.4, -0.2) is 13.0 Å². The molecular weight excluding hydrogens is 240 g/mol. The summed E-state index contributed by atoms with van der Waals surface area (Å²) in [4.78, 5) is 12.2. The lowest BCUT2D eigenvalue weighted by Gasteiger charge is -2.09. The summed E-state index contributed by atoms with van der Waals surface area (Å²) in [5.41, 5.74) is 7.73. The molecule has 4 nitrogen and oxygen atoms in total. The van der Waals surface area contributed by atoms with Gasteiger partial charge in [-0.3, -0.25) is 4.79 Å². The molecule has 0 unspecified atom stereocenters. The molecule has 0 atom stereocenters. The Morgan fingerprint density at radius 1 is 1.21 bits per heavy atom. The molecule has 0 aliphatic carbocycles. The summed E-state index contributed by atoms with van der Waals surface area (Å²) in [6.07, 6.45) is 0. The summed E-state index contributed by atoms with van der Waals surface area (Å²) in [7, 11) is 1.59. The summed E-state index contributed by atoms with van der Waals surface area (Å²) in [5.74, 6) is 0.527. The Morgan fingerprint density at radius 3 is 2.74 bits per heavy atom. The lowest BCUT2D eigenvalue weighted by Crippen LogP contribution is -2.15. The Bertz CT molecular complexity index is 582. The molecule has 2 rings (SSSR count). The van der Waals surface area contributed by atoms with Gasteiger partial charge in [0.25, 0.3) is 5.91 Å². The van der Waals surface area contributed by atoms with Crippen molar-refractivity contribution in [1.29, 1.82) is 0 Å². The number of benzene rings is 2. The van der Waals surface area contributed by atoms with Gasteiger partial charge in [-0.2, -0.15) is 0 Å². The summed E-state index contributed by atoms with van der Waals surface area (Å²) >= 11 is 0. The van der Waals surface area contributed by atoms with Gasteiger partial charge in [0.05, 0.1) is 7.11 Å². The van der Waals surface area contributed by atoms with Crippen molar-refractivity contribution in [2.75, 3.05) is 12.4 Å². The second-order valence-electron chi connectivity index (χ2n) is 4.05. The number of nitrogens with one attached hydrogen (secondary N) is 1. The first kappa shape index (κ1) is 13.1. The number of hydrogen-bond donors (Lipinski definition) is 2. The van der Waals surface area contributed by atoms with E-state index in [0.29, 0.717) is 23.5 Å². The van der Waals surface area contributed by atoms with E-state index in [4.69, 9.17) is 10.5 Å². The van der Waals surface area contributed by atoms with Crippen molar-refractivity contribution in [1.82, 2.24) is 0 Å². The number of nitrogens with two attached hydrogens (primary N) is 1. The van der Waals surface area contributed by atoms with E-state index >= 15 is 0 Å². The molecular formula is C15H16N2O2. The van der Waals surface area contributed by atoms with E-state index in [-0.39, 0.29) is 5.91 Å². The number of hydrogen-bond acceptors (Lipinski definition) is 3. The van der Waals surface area contributed by atoms with E-state index < -0.39 is 0 Å². The monoisotopic (exact) mass is 256 g/mol. The third-order valence-corrected chi connectivity index (χ3v) is 2.81. The molecule has 3 N–H and O–H groups in total. The minimum Gasteiger partial charge on any atom is -0.497 e. The Labute approximate surface area is 112 Å². The summed E-state index contributed by atoms with van der Waals surface area (Å²) in [5, 5.41) is 2.83. The zero-order valence-electron chi connectivity index (χ0n) is 10.7. The van der Waals surface area contributed by atoms with Gasteiger partial charge < -0.3 is 15.8 Å². The second-order valence-corrected chi connectivity index (χ2v) is 4.05. The number of rotatable bonds is 4. The standard InChI is InChI=1S/C15H16N2O2/c1-19-13-7-4-6-12(9-13)17-15(18)14-8-3-2-5-11(14)10-16/h2-9H,10,16H2,1H3,(H,17,18). The highest BCUT2D eigenvalue weighted by molar-refractivity contribution is 6.05. The lowest BCUT2D eigenvalue weighted by atomic mass is 10.1. The number of methoxy groups -OCH3 is 1. The van der Waals surface area contributed by atoms with Crippen LogP contribution in [0.5, 0.6) is 5.75 Å².